The summed E-state index contributed by atoms with van der Waals surface area (Å²) in [5, 5.41) is 18.2. The Morgan fingerprint density at radius 1 is 0.812 bits per heavy atom. The maximum Gasteiger partial charge on any atom is 0.134 e. The summed E-state index contributed by atoms with van der Waals surface area (Å²) in [7, 11) is 0. The van der Waals surface area contributed by atoms with Crippen molar-refractivity contribution >= 4 is 0 Å². The molecule has 0 aliphatic rings. The van der Waals surface area contributed by atoms with Crippen molar-refractivity contribution in [1.29, 1.82) is 0 Å². The average Bonchev–Trinajstić information content (AvgIpc) is 2.15. The molecule has 0 heterocycles. The van der Waals surface area contributed by atoms with Gasteiger partial charge in [0, 0.05) is 17.7 Å². The zero-order valence-corrected chi connectivity index (χ0v) is 8.11. The lowest BCUT2D eigenvalue weighted by Gasteiger charge is -2.05. The van der Waals surface area contributed by atoms with Crippen LogP contribution < -0.4 is 0 Å². The molecule has 0 spiro atoms. The van der Waals surface area contributed by atoms with Gasteiger partial charge in [0.05, 0.1) is 0 Å². The summed E-state index contributed by atoms with van der Waals surface area (Å²) in [4.78, 5) is 0. The molecule has 0 aliphatic heterocycles. The predicted octanol–water partition coefficient (Wildman–Crippen LogP) is 3.04. The van der Waals surface area contributed by atoms with Crippen LogP contribution >= 0.6 is 0 Å². The van der Waals surface area contributed by atoms with Gasteiger partial charge in [0.15, 0.2) is 0 Å². The van der Waals surface area contributed by atoms with Gasteiger partial charge in [-0.1, -0.05) is 0 Å². The van der Waals surface area contributed by atoms with E-state index >= 15 is 0 Å². The Labute approximate surface area is 90.4 Å². The number of halogens is 2. The zero-order chi connectivity index (χ0) is 11.7. The first-order chi connectivity index (χ1) is 7.56. The van der Waals surface area contributed by atoms with E-state index in [9.17, 15) is 13.9 Å². The summed E-state index contributed by atoms with van der Waals surface area (Å²) in [5.74, 6) is -1.81. The van der Waals surface area contributed by atoms with Crippen LogP contribution in [0.5, 0.6) is 11.5 Å². The fraction of sp³-hybridized carbons (Fsp3) is 0. The van der Waals surface area contributed by atoms with Crippen LogP contribution in [0.3, 0.4) is 0 Å². The molecule has 0 aromatic heterocycles. The minimum absolute atomic E-state index is 0.118. The molecule has 0 fully saturated rings. The average molecular weight is 222 g/mol. The molecule has 0 unspecified atom stereocenters. The van der Waals surface area contributed by atoms with E-state index in [0.717, 1.165) is 18.2 Å². The van der Waals surface area contributed by atoms with Crippen LogP contribution in [0.15, 0.2) is 36.4 Å². The van der Waals surface area contributed by atoms with Gasteiger partial charge in [0.2, 0.25) is 0 Å². The van der Waals surface area contributed by atoms with Crippen LogP contribution in [0, 0.1) is 11.6 Å². The van der Waals surface area contributed by atoms with E-state index in [2.05, 4.69) is 0 Å². The lowest BCUT2D eigenvalue weighted by molar-refractivity contribution is 0.469. The van der Waals surface area contributed by atoms with Gasteiger partial charge in [0.1, 0.15) is 23.1 Å². The Hall–Kier alpha value is -2.10. The minimum Gasteiger partial charge on any atom is -0.508 e. The molecule has 0 aliphatic carbocycles. The molecule has 2 nitrogen and oxygen atoms in total. The molecule has 2 aromatic carbocycles. The van der Waals surface area contributed by atoms with Crippen LogP contribution in [0.4, 0.5) is 8.78 Å². The summed E-state index contributed by atoms with van der Waals surface area (Å²) < 4.78 is 26.4. The highest BCUT2D eigenvalue weighted by Gasteiger charge is 2.08. The standard InChI is InChI=1S/C12H8F2O2/c13-8-3-7(4-10(16)5-8)11-2-1-9(15)6-12(11)14/h1-6,15-16H. The molecule has 0 amide bonds. The van der Waals surface area contributed by atoms with Crippen molar-refractivity contribution in [2.45, 2.75) is 0 Å². The lowest BCUT2D eigenvalue weighted by Crippen LogP contribution is -1.85. The summed E-state index contributed by atoms with van der Waals surface area (Å²) in [6, 6.07) is 6.83. The van der Waals surface area contributed by atoms with Gasteiger partial charge in [0.25, 0.3) is 0 Å². The monoisotopic (exact) mass is 222 g/mol. The largest absolute Gasteiger partial charge is 0.508 e. The van der Waals surface area contributed by atoms with Crippen LogP contribution in [0.1, 0.15) is 0 Å². The second-order valence-corrected chi connectivity index (χ2v) is 3.36. The van der Waals surface area contributed by atoms with E-state index in [1.54, 1.807) is 0 Å². The molecule has 0 saturated heterocycles. The van der Waals surface area contributed by atoms with Crippen molar-refractivity contribution in [2.75, 3.05) is 0 Å². The van der Waals surface area contributed by atoms with Gasteiger partial charge in [-0.2, -0.15) is 0 Å². The Bertz CT molecular complexity index is 518. The van der Waals surface area contributed by atoms with Gasteiger partial charge < -0.3 is 10.2 Å². The summed E-state index contributed by atoms with van der Waals surface area (Å²) in [6.45, 7) is 0. The smallest absolute Gasteiger partial charge is 0.134 e. The number of phenolic OH excluding ortho intramolecular Hbond substituents is 2. The molecule has 16 heavy (non-hydrogen) atoms. The molecule has 2 aromatic rings. The molecule has 2 rings (SSSR count). The molecule has 82 valence electrons. The van der Waals surface area contributed by atoms with Gasteiger partial charge in [-0.05, 0) is 29.8 Å². The van der Waals surface area contributed by atoms with Gasteiger partial charge in [-0.15, -0.1) is 0 Å². The predicted molar refractivity (Wildman–Crippen MR) is 55.1 cm³/mol. The lowest BCUT2D eigenvalue weighted by atomic mass is 10.0. The Balaban J connectivity index is 2.58. The fourth-order valence-electron chi connectivity index (χ4n) is 1.47. The fourth-order valence-corrected chi connectivity index (χ4v) is 1.47. The summed E-state index contributed by atoms with van der Waals surface area (Å²) >= 11 is 0. The van der Waals surface area contributed by atoms with E-state index in [-0.39, 0.29) is 22.6 Å². The van der Waals surface area contributed by atoms with E-state index in [4.69, 9.17) is 5.11 Å². The van der Waals surface area contributed by atoms with Crippen LogP contribution in [-0.2, 0) is 0 Å². The highest BCUT2D eigenvalue weighted by atomic mass is 19.1. The van der Waals surface area contributed by atoms with Crippen molar-refractivity contribution in [3.8, 4) is 22.6 Å². The van der Waals surface area contributed by atoms with Crippen molar-refractivity contribution in [3.05, 3.63) is 48.0 Å². The topological polar surface area (TPSA) is 40.5 Å². The number of hydrogen-bond donors (Lipinski definition) is 2. The quantitative estimate of drug-likeness (QED) is 0.778. The highest BCUT2D eigenvalue weighted by Crippen LogP contribution is 2.28. The minimum atomic E-state index is -0.676. The van der Waals surface area contributed by atoms with Crippen LogP contribution in [0.25, 0.3) is 11.1 Å². The Kier molecular flexibility index (Phi) is 2.48. The molecular weight excluding hydrogens is 214 g/mol. The maximum absolute atomic E-state index is 13.4. The van der Waals surface area contributed by atoms with Gasteiger partial charge in [-0.3, -0.25) is 0 Å². The Morgan fingerprint density at radius 2 is 1.56 bits per heavy atom. The summed E-state index contributed by atoms with van der Waals surface area (Å²) in [6.07, 6.45) is 0. The third-order valence-electron chi connectivity index (χ3n) is 2.15. The molecule has 0 radical (unpaired) electrons. The van der Waals surface area contributed by atoms with Gasteiger partial charge in [-0.25, -0.2) is 8.78 Å². The number of phenols is 2. The molecular formula is C12H8F2O2. The second-order valence-electron chi connectivity index (χ2n) is 3.36. The van der Waals surface area contributed by atoms with Crippen molar-refractivity contribution < 1.29 is 19.0 Å². The molecule has 0 atom stereocenters. The number of rotatable bonds is 1. The Morgan fingerprint density at radius 3 is 2.19 bits per heavy atom. The first kappa shape index (κ1) is 10.4. The number of benzene rings is 2. The van der Waals surface area contributed by atoms with E-state index in [0.29, 0.717) is 0 Å². The molecule has 4 heteroatoms. The third-order valence-corrected chi connectivity index (χ3v) is 2.15. The van der Waals surface area contributed by atoms with E-state index in [1.165, 1.54) is 18.2 Å². The third kappa shape index (κ3) is 1.95. The molecule has 2 N–H and O–H groups in total. The van der Waals surface area contributed by atoms with Crippen molar-refractivity contribution in [2.24, 2.45) is 0 Å². The van der Waals surface area contributed by atoms with Crippen LogP contribution in [0.2, 0.25) is 0 Å². The van der Waals surface area contributed by atoms with Crippen molar-refractivity contribution in [1.82, 2.24) is 0 Å². The van der Waals surface area contributed by atoms with E-state index < -0.39 is 11.6 Å². The van der Waals surface area contributed by atoms with Crippen molar-refractivity contribution in [3.63, 3.8) is 0 Å². The first-order valence-electron chi connectivity index (χ1n) is 4.55. The van der Waals surface area contributed by atoms with Crippen LogP contribution in [-0.4, -0.2) is 10.2 Å². The number of hydrogen-bond acceptors (Lipinski definition) is 2. The SMILES string of the molecule is Oc1cc(F)cc(-c2ccc(O)cc2F)c1. The first-order valence-corrected chi connectivity index (χ1v) is 4.55. The zero-order valence-electron chi connectivity index (χ0n) is 8.11. The summed E-state index contributed by atoms with van der Waals surface area (Å²) in [5.41, 5.74) is 0.336. The highest BCUT2D eigenvalue weighted by molar-refractivity contribution is 5.66. The van der Waals surface area contributed by atoms with Gasteiger partial charge >= 0.3 is 0 Å². The second kappa shape index (κ2) is 3.81. The molecule has 0 bridgehead atoms. The normalized spacial score (nSPS) is 10.4. The van der Waals surface area contributed by atoms with E-state index in [1.807, 2.05) is 0 Å². The maximum atomic E-state index is 13.4. The number of aromatic hydroxyl groups is 2. The molecule has 0 saturated carbocycles.